The molecule has 1 aromatic rings. The van der Waals surface area contributed by atoms with E-state index in [0.717, 1.165) is 5.56 Å². The molecule has 0 saturated carbocycles. The average Bonchev–Trinajstić information content (AvgIpc) is 2.13. The summed E-state index contributed by atoms with van der Waals surface area (Å²) >= 11 is 0. The van der Waals surface area contributed by atoms with E-state index in [4.69, 9.17) is 5.73 Å². The van der Waals surface area contributed by atoms with Gasteiger partial charge in [0.05, 0.1) is 12.7 Å². The van der Waals surface area contributed by atoms with Crippen molar-refractivity contribution in [1.82, 2.24) is 9.78 Å². The van der Waals surface area contributed by atoms with Crippen LogP contribution in [0, 0.1) is 6.92 Å². The molecule has 0 fully saturated rings. The summed E-state index contributed by atoms with van der Waals surface area (Å²) in [7, 11) is 0. The molecule has 0 atom stereocenters. The highest BCUT2D eigenvalue weighted by Gasteiger charge is 1.92. The van der Waals surface area contributed by atoms with Gasteiger partial charge in [0.1, 0.15) is 0 Å². The van der Waals surface area contributed by atoms with Gasteiger partial charge in [-0.3, -0.25) is 4.68 Å². The molecular weight excluding hydrogens is 126 g/mol. The van der Waals surface area contributed by atoms with Gasteiger partial charge in [-0.25, -0.2) is 0 Å². The molecule has 0 amide bonds. The molecule has 0 aliphatic heterocycles. The highest BCUT2D eigenvalue weighted by atomic mass is 15.3. The lowest BCUT2D eigenvalue weighted by Gasteiger charge is -1.97. The van der Waals surface area contributed by atoms with E-state index in [1.54, 1.807) is 10.9 Å². The van der Waals surface area contributed by atoms with Crippen LogP contribution in [0.15, 0.2) is 24.7 Å². The Morgan fingerprint density at radius 2 is 2.60 bits per heavy atom. The SMILES string of the molecule is C=C(N)Cn1cc(C)cn1. The molecule has 0 bridgehead atoms. The van der Waals surface area contributed by atoms with E-state index in [0.29, 0.717) is 12.2 Å². The van der Waals surface area contributed by atoms with Crippen molar-refractivity contribution in [3.8, 4) is 0 Å². The fourth-order valence-corrected chi connectivity index (χ4v) is 0.762. The van der Waals surface area contributed by atoms with Gasteiger partial charge in [0.25, 0.3) is 0 Å². The lowest BCUT2D eigenvalue weighted by Crippen LogP contribution is -2.06. The van der Waals surface area contributed by atoms with Gasteiger partial charge < -0.3 is 5.73 Å². The summed E-state index contributed by atoms with van der Waals surface area (Å²) in [5, 5.41) is 4.03. The number of aryl methyl sites for hydroxylation is 1. The molecule has 3 nitrogen and oxygen atoms in total. The van der Waals surface area contributed by atoms with Crippen LogP contribution in [-0.4, -0.2) is 9.78 Å². The standard InChI is InChI=1S/C7H11N3/c1-6-3-9-10(4-6)5-7(2)8/h3-4H,2,5,8H2,1H3. The van der Waals surface area contributed by atoms with Crippen molar-refractivity contribution >= 4 is 0 Å². The second-order valence-corrected chi connectivity index (χ2v) is 2.37. The second kappa shape index (κ2) is 2.56. The monoisotopic (exact) mass is 137 g/mol. The van der Waals surface area contributed by atoms with E-state index < -0.39 is 0 Å². The quantitative estimate of drug-likeness (QED) is 0.650. The van der Waals surface area contributed by atoms with Crippen LogP contribution in [0.2, 0.25) is 0 Å². The minimum absolute atomic E-state index is 0.605. The van der Waals surface area contributed by atoms with Crippen LogP contribution in [-0.2, 0) is 6.54 Å². The van der Waals surface area contributed by atoms with Crippen LogP contribution in [0.4, 0.5) is 0 Å². The molecule has 2 N–H and O–H groups in total. The Labute approximate surface area is 60.1 Å². The number of rotatable bonds is 2. The Morgan fingerprint density at radius 3 is 3.00 bits per heavy atom. The first kappa shape index (κ1) is 6.86. The number of nitrogens with two attached hydrogens (primary N) is 1. The molecule has 0 radical (unpaired) electrons. The predicted molar refractivity (Wildman–Crippen MR) is 40.3 cm³/mol. The predicted octanol–water partition coefficient (Wildman–Crippen LogP) is 0.664. The fraction of sp³-hybridized carbons (Fsp3) is 0.286. The molecule has 0 spiro atoms. The number of nitrogens with zero attached hydrogens (tertiary/aromatic N) is 2. The van der Waals surface area contributed by atoms with E-state index >= 15 is 0 Å². The Kier molecular flexibility index (Phi) is 1.76. The third-order valence-corrected chi connectivity index (χ3v) is 1.13. The van der Waals surface area contributed by atoms with Gasteiger partial charge >= 0.3 is 0 Å². The van der Waals surface area contributed by atoms with Crippen LogP contribution in [0.25, 0.3) is 0 Å². The smallest absolute Gasteiger partial charge is 0.0797 e. The normalized spacial score (nSPS) is 9.70. The summed E-state index contributed by atoms with van der Waals surface area (Å²) in [4.78, 5) is 0. The van der Waals surface area contributed by atoms with Crippen molar-refractivity contribution in [1.29, 1.82) is 0 Å². The van der Waals surface area contributed by atoms with Crippen LogP contribution in [0.1, 0.15) is 5.56 Å². The number of allylic oxidation sites excluding steroid dienone is 1. The summed E-state index contributed by atoms with van der Waals surface area (Å²) in [6, 6.07) is 0. The molecule has 0 aliphatic carbocycles. The molecule has 1 heterocycles. The van der Waals surface area contributed by atoms with Gasteiger partial charge in [-0.2, -0.15) is 5.10 Å². The van der Waals surface area contributed by atoms with E-state index in [-0.39, 0.29) is 0 Å². The zero-order valence-electron chi connectivity index (χ0n) is 6.04. The van der Waals surface area contributed by atoms with Gasteiger partial charge in [-0.05, 0) is 12.5 Å². The molecule has 0 saturated heterocycles. The second-order valence-electron chi connectivity index (χ2n) is 2.37. The van der Waals surface area contributed by atoms with Gasteiger partial charge in [0.2, 0.25) is 0 Å². The van der Waals surface area contributed by atoms with Gasteiger partial charge in [0, 0.05) is 11.9 Å². The zero-order valence-corrected chi connectivity index (χ0v) is 6.04. The summed E-state index contributed by atoms with van der Waals surface area (Å²) in [5.74, 6) is 0. The van der Waals surface area contributed by atoms with Crippen LogP contribution >= 0.6 is 0 Å². The summed E-state index contributed by atoms with van der Waals surface area (Å²) in [6.07, 6.45) is 3.72. The van der Waals surface area contributed by atoms with E-state index in [1.165, 1.54) is 0 Å². The number of hydrogen-bond donors (Lipinski definition) is 1. The third kappa shape index (κ3) is 1.62. The first-order valence-corrected chi connectivity index (χ1v) is 3.11. The molecular formula is C7H11N3. The largest absolute Gasteiger partial charge is 0.401 e. The Morgan fingerprint density at radius 1 is 1.90 bits per heavy atom. The molecule has 54 valence electrons. The van der Waals surface area contributed by atoms with E-state index in [1.807, 2.05) is 13.1 Å². The van der Waals surface area contributed by atoms with Crippen molar-refractivity contribution < 1.29 is 0 Å². The van der Waals surface area contributed by atoms with E-state index in [9.17, 15) is 0 Å². The molecule has 1 aromatic heterocycles. The highest BCUT2D eigenvalue weighted by molar-refractivity contribution is 5.01. The highest BCUT2D eigenvalue weighted by Crippen LogP contribution is 1.94. The summed E-state index contributed by atoms with van der Waals surface area (Å²) in [6.45, 7) is 6.17. The van der Waals surface area contributed by atoms with Gasteiger partial charge in [0.15, 0.2) is 0 Å². The average molecular weight is 137 g/mol. The van der Waals surface area contributed by atoms with Gasteiger partial charge in [-0.1, -0.05) is 6.58 Å². The lowest BCUT2D eigenvalue weighted by molar-refractivity contribution is 0.674. The van der Waals surface area contributed by atoms with Crippen molar-refractivity contribution in [2.45, 2.75) is 13.5 Å². The van der Waals surface area contributed by atoms with Crippen LogP contribution < -0.4 is 5.73 Å². The molecule has 0 aliphatic rings. The van der Waals surface area contributed by atoms with Gasteiger partial charge in [-0.15, -0.1) is 0 Å². The molecule has 1 rings (SSSR count). The third-order valence-electron chi connectivity index (χ3n) is 1.13. The molecule has 0 aromatic carbocycles. The zero-order chi connectivity index (χ0) is 7.56. The van der Waals surface area contributed by atoms with Crippen molar-refractivity contribution in [2.75, 3.05) is 0 Å². The first-order chi connectivity index (χ1) is 4.68. The maximum atomic E-state index is 5.38. The number of hydrogen-bond acceptors (Lipinski definition) is 2. The van der Waals surface area contributed by atoms with Crippen LogP contribution in [0.3, 0.4) is 0 Å². The fourth-order valence-electron chi connectivity index (χ4n) is 0.762. The maximum absolute atomic E-state index is 5.38. The van der Waals surface area contributed by atoms with Crippen molar-refractivity contribution in [3.63, 3.8) is 0 Å². The topological polar surface area (TPSA) is 43.8 Å². The Balaban J connectivity index is 2.67. The van der Waals surface area contributed by atoms with Crippen molar-refractivity contribution in [2.24, 2.45) is 5.73 Å². The minimum atomic E-state index is 0.605. The Hall–Kier alpha value is -1.25. The van der Waals surface area contributed by atoms with Crippen molar-refractivity contribution in [3.05, 3.63) is 30.2 Å². The molecule has 3 heteroatoms. The first-order valence-electron chi connectivity index (χ1n) is 3.11. The summed E-state index contributed by atoms with van der Waals surface area (Å²) < 4.78 is 1.76. The summed E-state index contributed by atoms with van der Waals surface area (Å²) in [5.41, 5.74) is 7.15. The molecule has 0 unspecified atom stereocenters. The maximum Gasteiger partial charge on any atom is 0.0797 e. The lowest BCUT2D eigenvalue weighted by atomic mass is 10.4. The number of aromatic nitrogens is 2. The molecule has 10 heavy (non-hydrogen) atoms. The van der Waals surface area contributed by atoms with E-state index in [2.05, 4.69) is 11.7 Å². The Bertz CT molecular complexity index is 237. The van der Waals surface area contributed by atoms with Crippen LogP contribution in [0.5, 0.6) is 0 Å². The minimum Gasteiger partial charge on any atom is -0.401 e.